The minimum Gasteiger partial charge on any atom is -0.296 e. The first-order valence-corrected chi connectivity index (χ1v) is 8.57. The zero-order valence-electron chi connectivity index (χ0n) is 12.9. The predicted octanol–water partition coefficient (Wildman–Crippen LogP) is 2.98. The second-order valence-corrected chi connectivity index (χ2v) is 6.77. The van der Waals surface area contributed by atoms with Crippen LogP contribution < -0.4 is 5.32 Å². The van der Waals surface area contributed by atoms with Gasteiger partial charge in [-0.25, -0.2) is 9.67 Å². The monoisotopic (exact) mass is 394 g/mol. The minimum absolute atomic E-state index is 0.271. The number of amides is 1. The second kappa shape index (κ2) is 6.25. The standard InChI is InChI=1S/C14H15BrN6OS/c1-8-6-23-14(16-8)17-13(22)11-4-5-20(19-11)7-21-10(3)12(15)9(2)18-21/h4-6H,7H2,1-3H3,(H,16,17,22). The first-order chi connectivity index (χ1) is 10.9. The van der Waals surface area contributed by atoms with E-state index in [1.807, 2.05) is 30.8 Å². The largest absolute Gasteiger partial charge is 0.296 e. The van der Waals surface area contributed by atoms with Gasteiger partial charge in [-0.1, -0.05) is 0 Å². The van der Waals surface area contributed by atoms with Crippen LogP contribution in [0.25, 0.3) is 0 Å². The first-order valence-electron chi connectivity index (χ1n) is 6.90. The highest BCUT2D eigenvalue weighted by Crippen LogP contribution is 2.19. The van der Waals surface area contributed by atoms with E-state index < -0.39 is 0 Å². The molecule has 3 aromatic rings. The minimum atomic E-state index is -0.271. The van der Waals surface area contributed by atoms with Crippen molar-refractivity contribution in [3.8, 4) is 0 Å². The van der Waals surface area contributed by atoms with E-state index in [9.17, 15) is 4.79 Å². The summed E-state index contributed by atoms with van der Waals surface area (Å²) in [5.41, 5.74) is 3.17. The Balaban J connectivity index is 1.72. The van der Waals surface area contributed by atoms with Crippen molar-refractivity contribution in [2.75, 3.05) is 5.32 Å². The van der Waals surface area contributed by atoms with Gasteiger partial charge in [0.2, 0.25) is 0 Å². The quantitative estimate of drug-likeness (QED) is 0.737. The SMILES string of the molecule is Cc1csc(NC(=O)c2ccn(Cn3nc(C)c(Br)c3C)n2)n1. The van der Waals surface area contributed by atoms with Crippen LogP contribution in [0.3, 0.4) is 0 Å². The molecule has 9 heteroatoms. The molecule has 0 atom stereocenters. The fourth-order valence-electron chi connectivity index (χ4n) is 2.08. The summed E-state index contributed by atoms with van der Waals surface area (Å²) in [6, 6.07) is 1.68. The van der Waals surface area contributed by atoms with Crippen molar-refractivity contribution in [2.45, 2.75) is 27.4 Å². The van der Waals surface area contributed by atoms with Gasteiger partial charge in [-0.2, -0.15) is 10.2 Å². The third-order valence-electron chi connectivity index (χ3n) is 3.28. The number of halogens is 1. The third-order valence-corrected chi connectivity index (χ3v) is 5.31. The Morgan fingerprint density at radius 3 is 2.74 bits per heavy atom. The molecular weight excluding hydrogens is 380 g/mol. The summed E-state index contributed by atoms with van der Waals surface area (Å²) < 4.78 is 4.49. The molecule has 1 N–H and O–H groups in total. The van der Waals surface area contributed by atoms with Crippen molar-refractivity contribution in [1.82, 2.24) is 24.5 Å². The predicted molar refractivity (Wildman–Crippen MR) is 91.8 cm³/mol. The number of carbonyl (C=O) groups is 1. The number of nitrogens with zero attached hydrogens (tertiary/aromatic N) is 5. The maximum absolute atomic E-state index is 12.2. The van der Waals surface area contributed by atoms with Crippen molar-refractivity contribution in [3.63, 3.8) is 0 Å². The molecule has 0 spiro atoms. The normalized spacial score (nSPS) is 11.0. The molecule has 3 heterocycles. The van der Waals surface area contributed by atoms with Crippen LogP contribution in [0.1, 0.15) is 27.6 Å². The lowest BCUT2D eigenvalue weighted by Crippen LogP contribution is -2.15. The molecule has 0 fully saturated rings. The summed E-state index contributed by atoms with van der Waals surface area (Å²) in [4.78, 5) is 16.4. The van der Waals surface area contributed by atoms with Gasteiger partial charge in [-0.05, 0) is 42.8 Å². The maximum atomic E-state index is 12.2. The zero-order chi connectivity index (χ0) is 16.6. The number of aryl methyl sites for hydroxylation is 2. The Morgan fingerprint density at radius 2 is 2.13 bits per heavy atom. The summed E-state index contributed by atoms with van der Waals surface area (Å²) in [6.45, 7) is 6.24. The van der Waals surface area contributed by atoms with E-state index in [4.69, 9.17) is 0 Å². The number of anilines is 1. The number of thiazole rings is 1. The molecule has 0 saturated carbocycles. The van der Waals surface area contributed by atoms with Gasteiger partial charge in [0.25, 0.3) is 5.91 Å². The van der Waals surface area contributed by atoms with Crippen LogP contribution >= 0.6 is 27.3 Å². The zero-order valence-corrected chi connectivity index (χ0v) is 15.3. The number of nitrogens with one attached hydrogen (secondary N) is 1. The highest BCUT2D eigenvalue weighted by molar-refractivity contribution is 9.10. The van der Waals surface area contributed by atoms with Crippen LogP contribution in [-0.2, 0) is 6.67 Å². The summed E-state index contributed by atoms with van der Waals surface area (Å²) in [7, 11) is 0. The van der Waals surface area contributed by atoms with Gasteiger partial charge in [0, 0.05) is 11.6 Å². The summed E-state index contributed by atoms with van der Waals surface area (Å²) in [5, 5.41) is 13.9. The Kier molecular flexibility index (Phi) is 4.31. The molecule has 1 amide bonds. The van der Waals surface area contributed by atoms with Crippen molar-refractivity contribution in [2.24, 2.45) is 0 Å². The molecule has 23 heavy (non-hydrogen) atoms. The fourth-order valence-corrected chi connectivity index (χ4v) is 3.05. The summed E-state index contributed by atoms with van der Waals surface area (Å²) >= 11 is 4.89. The number of carbonyl (C=O) groups excluding carboxylic acids is 1. The molecule has 0 saturated heterocycles. The van der Waals surface area contributed by atoms with Crippen LogP contribution in [0, 0.1) is 20.8 Å². The molecule has 0 aliphatic heterocycles. The maximum Gasteiger partial charge on any atom is 0.277 e. The fraction of sp³-hybridized carbons (Fsp3) is 0.286. The molecule has 7 nitrogen and oxygen atoms in total. The molecule has 0 aliphatic carbocycles. The Morgan fingerprint density at radius 1 is 1.35 bits per heavy atom. The molecule has 0 aliphatic rings. The lowest BCUT2D eigenvalue weighted by atomic mass is 10.4. The second-order valence-electron chi connectivity index (χ2n) is 5.11. The van der Waals surface area contributed by atoms with Crippen molar-refractivity contribution >= 4 is 38.3 Å². The van der Waals surface area contributed by atoms with Gasteiger partial charge in [-0.15, -0.1) is 11.3 Å². The lowest BCUT2D eigenvalue weighted by Gasteiger charge is -2.04. The number of hydrogen-bond donors (Lipinski definition) is 1. The van der Waals surface area contributed by atoms with Crippen molar-refractivity contribution in [3.05, 3.63) is 44.9 Å². The third kappa shape index (κ3) is 3.35. The van der Waals surface area contributed by atoms with Crippen LogP contribution in [0.15, 0.2) is 22.1 Å². The average molecular weight is 395 g/mol. The smallest absolute Gasteiger partial charge is 0.277 e. The van der Waals surface area contributed by atoms with E-state index in [1.165, 1.54) is 11.3 Å². The van der Waals surface area contributed by atoms with Gasteiger partial charge < -0.3 is 0 Å². The molecular formula is C14H15BrN6OS. The molecule has 120 valence electrons. The van der Waals surface area contributed by atoms with Gasteiger partial charge >= 0.3 is 0 Å². The molecule has 0 bridgehead atoms. The molecule has 3 rings (SSSR count). The van der Waals surface area contributed by atoms with Crippen LogP contribution in [0.5, 0.6) is 0 Å². The van der Waals surface area contributed by atoms with Gasteiger partial charge in [0.1, 0.15) is 6.67 Å². The first kappa shape index (κ1) is 15.9. The van der Waals surface area contributed by atoms with E-state index >= 15 is 0 Å². The molecule has 0 aromatic carbocycles. The Bertz CT molecular complexity index is 865. The summed E-state index contributed by atoms with van der Waals surface area (Å²) in [5.74, 6) is -0.271. The van der Waals surface area contributed by atoms with Crippen LogP contribution in [0.2, 0.25) is 0 Å². The highest BCUT2D eigenvalue weighted by Gasteiger charge is 2.13. The van der Waals surface area contributed by atoms with E-state index in [0.717, 1.165) is 21.6 Å². The Labute approximate surface area is 145 Å². The van der Waals surface area contributed by atoms with E-state index in [1.54, 1.807) is 16.9 Å². The van der Waals surface area contributed by atoms with Gasteiger partial charge in [0.05, 0.1) is 21.6 Å². The lowest BCUT2D eigenvalue weighted by molar-refractivity contribution is 0.102. The molecule has 0 radical (unpaired) electrons. The Hall–Kier alpha value is -2.00. The molecule has 0 unspecified atom stereocenters. The van der Waals surface area contributed by atoms with Crippen LogP contribution in [0.4, 0.5) is 5.13 Å². The highest BCUT2D eigenvalue weighted by atomic mass is 79.9. The van der Waals surface area contributed by atoms with Crippen molar-refractivity contribution in [1.29, 1.82) is 0 Å². The summed E-state index contributed by atoms with van der Waals surface area (Å²) in [6.07, 6.45) is 1.76. The molecule has 3 aromatic heterocycles. The van der Waals surface area contributed by atoms with Gasteiger partial charge in [-0.3, -0.25) is 14.8 Å². The van der Waals surface area contributed by atoms with Crippen molar-refractivity contribution < 1.29 is 4.79 Å². The van der Waals surface area contributed by atoms with Crippen LogP contribution in [-0.4, -0.2) is 30.5 Å². The number of rotatable bonds is 4. The number of aromatic nitrogens is 5. The van der Waals surface area contributed by atoms with E-state index in [0.29, 0.717) is 17.5 Å². The topological polar surface area (TPSA) is 77.6 Å². The number of hydrogen-bond acceptors (Lipinski definition) is 5. The van der Waals surface area contributed by atoms with E-state index in [2.05, 4.69) is 36.4 Å². The average Bonchev–Trinajstić information content (AvgIpc) is 3.18. The van der Waals surface area contributed by atoms with E-state index in [-0.39, 0.29) is 5.91 Å². The van der Waals surface area contributed by atoms with Gasteiger partial charge in [0.15, 0.2) is 10.8 Å².